The van der Waals surface area contributed by atoms with E-state index < -0.39 is 0 Å². The number of rotatable bonds is 7. The van der Waals surface area contributed by atoms with Crippen LogP contribution in [0.1, 0.15) is 35.7 Å². The van der Waals surface area contributed by atoms with Crippen molar-refractivity contribution < 1.29 is 9.53 Å². The monoisotopic (exact) mass is 313 g/mol. The summed E-state index contributed by atoms with van der Waals surface area (Å²) in [6, 6.07) is 5.69. The van der Waals surface area contributed by atoms with Crippen LogP contribution in [0.25, 0.3) is 0 Å². The zero-order valence-corrected chi connectivity index (χ0v) is 12.5. The molecule has 0 aliphatic heterocycles. The molecule has 0 aromatic heterocycles. The zero-order valence-electron chi connectivity index (χ0n) is 11.0. The summed E-state index contributed by atoms with van der Waals surface area (Å²) < 4.78 is 6.30. The SMILES string of the molecule is CCCCOCCNC(=O)c1cc(Br)ccc1C. The van der Waals surface area contributed by atoms with Crippen LogP contribution in [0, 0.1) is 6.92 Å². The van der Waals surface area contributed by atoms with Crippen molar-refractivity contribution in [2.24, 2.45) is 0 Å². The van der Waals surface area contributed by atoms with Gasteiger partial charge in [-0.1, -0.05) is 35.3 Å². The molecule has 3 nitrogen and oxygen atoms in total. The summed E-state index contributed by atoms with van der Waals surface area (Å²) in [7, 11) is 0. The smallest absolute Gasteiger partial charge is 0.251 e. The van der Waals surface area contributed by atoms with E-state index >= 15 is 0 Å². The second kappa shape index (κ2) is 8.27. The number of halogens is 1. The summed E-state index contributed by atoms with van der Waals surface area (Å²) >= 11 is 3.37. The van der Waals surface area contributed by atoms with Crippen molar-refractivity contribution in [1.82, 2.24) is 5.32 Å². The van der Waals surface area contributed by atoms with E-state index in [1.807, 2.05) is 25.1 Å². The molecule has 0 aliphatic carbocycles. The molecule has 100 valence electrons. The van der Waals surface area contributed by atoms with Gasteiger partial charge in [0.05, 0.1) is 6.61 Å². The van der Waals surface area contributed by atoms with Crippen molar-refractivity contribution in [3.8, 4) is 0 Å². The number of aryl methyl sites for hydroxylation is 1. The predicted octanol–water partition coefficient (Wildman–Crippen LogP) is 3.30. The number of benzene rings is 1. The van der Waals surface area contributed by atoms with E-state index in [1.54, 1.807) is 0 Å². The molecule has 0 heterocycles. The topological polar surface area (TPSA) is 38.3 Å². The van der Waals surface area contributed by atoms with E-state index in [0.29, 0.717) is 18.7 Å². The normalized spacial score (nSPS) is 10.4. The van der Waals surface area contributed by atoms with Crippen molar-refractivity contribution in [1.29, 1.82) is 0 Å². The highest BCUT2D eigenvalue weighted by Crippen LogP contribution is 2.15. The summed E-state index contributed by atoms with van der Waals surface area (Å²) in [6.07, 6.45) is 2.20. The molecular formula is C14H20BrNO2. The van der Waals surface area contributed by atoms with Gasteiger partial charge in [0.15, 0.2) is 0 Å². The lowest BCUT2D eigenvalue weighted by atomic mass is 10.1. The van der Waals surface area contributed by atoms with Gasteiger partial charge in [-0.3, -0.25) is 4.79 Å². The fourth-order valence-electron chi connectivity index (χ4n) is 1.52. The number of hydrogen-bond acceptors (Lipinski definition) is 2. The minimum Gasteiger partial charge on any atom is -0.380 e. The van der Waals surface area contributed by atoms with Crippen LogP contribution in [-0.4, -0.2) is 25.7 Å². The Morgan fingerprint density at radius 1 is 1.39 bits per heavy atom. The molecule has 0 atom stereocenters. The van der Waals surface area contributed by atoms with Gasteiger partial charge in [-0.25, -0.2) is 0 Å². The molecule has 1 aromatic carbocycles. The number of nitrogens with one attached hydrogen (secondary N) is 1. The van der Waals surface area contributed by atoms with Crippen LogP contribution in [0.2, 0.25) is 0 Å². The van der Waals surface area contributed by atoms with Crippen LogP contribution in [0.4, 0.5) is 0 Å². The third-order valence-electron chi connectivity index (χ3n) is 2.62. The molecule has 0 spiro atoms. The molecule has 0 aliphatic rings. The van der Waals surface area contributed by atoms with Gasteiger partial charge in [0, 0.05) is 23.2 Å². The van der Waals surface area contributed by atoms with Gasteiger partial charge in [-0.15, -0.1) is 0 Å². The molecule has 0 radical (unpaired) electrons. The number of carbonyl (C=O) groups is 1. The highest BCUT2D eigenvalue weighted by molar-refractivity contribution is 9.10. The number of unbranched alkanes of at least 4 members (excludes halogenated alkanes) is 1. The Morgan fingerprint density at radius 3 is 2.89 bits per heavy atom. The van der Waals surface area contributed by atoms with E-state index in [4.69, 9.17) is 4.74 Å². The minimum absolute atomic E-state index is 0.0482. The first-order valence-electron chi connectivity index (χ1n) is 6.27. The van der Waals surface area contributed by atoms with Crippen LogP contribution in [0.15, 0.2) is 22.7 Å². The molecule has 0 bridgehead atoms. The van der Waals surface area contributed by atoms with E-state index in [1.165, 1.54) is 0 Å². The zero-order chi connectivity index (χ0) is 13.4. The van der Waals surface area contributed by atoms with Gasteiger partial charge >= 0.3 is 0 Å². The van der Waals surface area contributed by atoms with Crippen molar-refractivity contribution in [2.75, 3.05) is 19.8 Å². The van der Waals surface area contributed by atoms with Crippen molar-refractivity contribution in [2.45, 2.75) is 26.7 Å². The average Bonchev–Trinajstić information content (AvgIpc) is 2.36. The summed E-state index contributed by atoms with van der Waals surface area (Å²) in [4.78, 5) is 11.9. The fourth-order valence-corrected chi connectivity index (χ4v) is 1.88. The average molecular weight is 314 g/mol. The second-order valence-electron chi connectivity index (χ2n) is 4.18. The molecule has 0 unspecified atom stereocenters. The third kappa shape index (κ3) is 5.19. The van der Waals surface area contributed by atoms with Crippen LogP contribution in [-0.2, 0) is 4.74 Å². The molecule has 0 saturated carbocycles. The first-order valence-corrected chi connectivity index (χ1v) is 7.06. The van der Waals surface area contributed by atoms with Crippen LogP contribution >= 0.6 is 15.9 Å². The van der Waals surface area contributed by atoms with E-state index in [9.17, 15) is 4.79 Å². The Bertz CT molecular complexity index is 393. The maximum Gasteiger partial charge on any atom is 0.251 e. The largest absolute Gasteiger partial charge is 0.380 e. The minimum atomic E-state index is -0.0482. The van der Waals surface area contributed by atoms with Gasteiger partial charge in [0.25, 0.3) is 5.91 Å². The molecule has 0 fully saturated rings. The van der Waals surface area contributed by atoms with Gasteiger partial charge in [-0.2, -0.15) is 0 Å². The number of carbonyl (C=O) groups excluding carboxylic acids is 1. The van der Waals surface area contributed by atoms with Crippen molar-refractivity contribution in [3.63, 3.8) is 0 Å². The molecular weight excluding hydrogens is 294 g/mol. The van der Waals surface area contributed by atoms with E-state index in [-0.39, 0.29) is 5.91 Å². The molecule has 1 rings (SSSR count). The quantitative estimate of drug-likeness (QED) is 0.784. The Balaban J connectivity index is 2.34. The van der Waals surface area contributed by atoms with Gasteiger partial charge < -0.3 is 10.1 Å². The summed E-state index contributed by atoms with van der Waals surface area (Å²) in [5, 5.41) is 2.86. The first-order chi connectivity index (χ1) is 8.65. The lowest BCUT2D eigenvalue weighted by molar-refractivity contribution is 0.0912. The molecule has 1 amide bonds. The summed E-state index contributed by atoms with van der Waals surface area (Å²) in [5.74, 6) is -0.0482. The molecule has 1 aromatic rings. The van der Waals surface area contributed by atoms with Crippen LogP contribution < -0.4 is 5.32 Å². The lowest BCUT2D eigenvalue weighted by Crippen LogP contribution is -2.28. The van der Waals surface area contributed by atoms with E-state index in [0.717, 1.165) is 29.5 Å². The maximum absolute atomic E-state index is 11.9. The number of amides is 1. The molecule has 18 heavy (non-hydrogen) atoms. The van der Waals surface area contributed by atoms with E-state index in [2.05, 4.69) is 28.2 Å². The summed E-state index contributed by atoms with van der Waals surface area (Å²) in [5.41, 5.74) is 1.68. The van der Waals surface area contributed by atoms with Gasteiger partial charge in [0.2, 0.25) is 0 Å². The standard InChI is InChI=1S/C14H20BrNO2/c1-3-4-8-18-9-7-16-14(17)13-10-12(15)6-5-11(13)2/h5-6,10H,3-4,7-9H2,1-2H3,(H,16,17). The van der Waals surface area contributed by atoms with Gasteiger partial charge in [0.1, 0.15) is 0 Å². The van der Waals surface area contributed by atoms with Crippen LogP contribution in [0.3, 0.4) is 0 Å². The van der Waals surface area contributed by atoms with Crippen molar-refractivity contribution >= 4 is 21.8 Å². The Labute approximate surface area is 117 Å². The molecule has 4 heteroatoms. The molecule has 1 N–H and O–H groups in total. The highest BCUT2D eigenvalue weighted by atomic mass is 79.9. The number of ether oxygens (including phenoxy) is 1. The summed E-state index contributed by atoms with van der Waals surface area (Å²) in [6.45, 7) is 5.94. The first kappa shape index (κ1) is 15.2. The Hall–Kier alpha value is -0.870. The fraction of sp³-hybridized carbons (Fsp3) is 0.500. The predicted molar refractivity (Wildman–Crippen MR) is 76.9 cm³/mol. The Kier molecular flexibility index (Phi) is 6.98. The van der Waals surface area contributed by atoms with Crippen LogP contribution in [0.5, 0.6) is 0 Å². The highest BCUT2D eigenvalue weighted by Gasteiger charge is 2.08. The third-order valence-corrected chi connectivity index (χ3v) is 3.11. The maximum atomic E-state index is 11.9. The number of hydrogen-bond donors (Lipinski definition) is 1. The second-order valence-corrected chi connectivity index (χ2v) is 5.10. The van der Waals surface area contributed by atoms with Gasteiger partial charge in [-0.05, 0) is 31.0 Å². The lowest BCUT2D eigenvalue weighted by Gasteiger charge is -2.08. The van der Waals surface area contributed by atoms with Crippen molar-refractivity contribution in [3.05, 3.63) is 33.8 Å². The Morgan fingerprint density at radius 2 is 2.17 bits per heavy atom. The molecule has 0 saturated heterocycles.